The number of carbonyl (C=O) groups excluding carboxylic acids is 1. The third-order valence-electron chi connectivity index (χ3n) is 5.22. The molecular weight excluding hydrogens is 406 g/mol. The number of aromatic nitrogens is 2. The molecule has 7 nitrogen and oxygen atoms in total. The number of rotatable bonds is 7. The summed E-state index contributed by atoms with van der Waals surface area (Å²) in [5.41, 5.74) is 4.72. The number of ether oxygens (including phenoxy) is 2. The lowest BCUT2D eigenvalue weighted by atomic mass is 10.1. The van der Waals surface area contributed by atoms with Gasteiger partial charge < -0.3 is 19.2 Å². The Morgan fingerprint density at radius 3 is 2.62 bits per heavy atom. The van der Waals surface area contributed by atoms with Crippen molar-refractivity contribution in [1.29, 1.82) is 0 Å². The van der Waals surface area contributed by atoms with Crippen LogP contribution in [0.1, 0.15) is 27.4 Å². The Kier molecular flexibility index (Phi) is 5.98. The summed E-state index contributed by atoms with van der Waals surface area (Å²) >= 11 is 0. The first-order valence-electron chi connectivity index (χ1n) is 10.2. The summed E-state index contributed by atoms with van der Waals surface area (Å²) in [6, 6.07) is 16.9. The fraction of sp³-hybridized carbons (Fsp3) is 0.200. The molecule has 0 saturated heterocycles. The quantitative estimate of drug-likeness (QED) is 0.459. The topological polar surface area (TPSA) is 78.5 Å². The molecule has 0 fully saturated rings. The van der Waals surface area contributed by atoms with E-state index in [0.29, 0.717) is 28.6 Å². The average molecular weight is 431 g/mol. The van der Waals surface area contributed by atoms with E-state index in [1.165, 1.54) is 0 Å². The number of hydrogen-bond donors (Lipinski definition) is 1. The number of aryl methyl sites for hydroxylation is 2. The fourth-order valence-electron chi connectivity index (χ4n) is 3.49. The Hall–Kier alpha value is -4.00. The number of furan rings is 1. The van der Waals surface area contributed by atoms with Crippen LogP contribution in [0.4, 0.5) is 0 Å². The molecule has 4 rings (SSSR count). The largest absolute Gasteiger partial charge is 0.497 e. The Bertz CT molecular complexity index is 1240. The summed E-state index contributed by atoms with van der Waals surface area (Å²) in [4.78, 5) is 13.2. The number of amides is 1. The Balaban J connectivity index is 1.80. The van der Waals surface area contributed by atoms with Gasteiger partial charge in [-0.25, -0.2) is 4.68 Å². The zero-order valence-corrected chi connectivity index (χ0v) is 18.5. The maximum absolute atomic E-state index is 13.2. The molecule has 7 heteroatoms. The summed E-state index contributed by atoms with van der Waals surface area (Å²) in [5, 5.41) is 7.71. The van der Waals surface area contributed by atoms with E-state index < -0.39 is 0 Å². The third kappa shape index (κ3) is 4.23. The summed E-state index contributed by atoms with van der Waals surface area (Å²) in [6.07, 6.45) is 1.58. The van der Waals surface area contributed by atoms with Crippen molar-refractivity contribution in [2.75, 3.05) is 14.2 Å². The van der Waals surface area contributed by atoms with Crippen LogP contribution in [0, 0.1) is 13.8 Å². The predicted octanol–water partition coefficient (Wildman–Crippen LogP) is 4.70. The van der Waals surface area contributed by atoms with Gasteiger partial charge in [-0.3, -0.25) is 4.79 Å². The van der Waals surface area contributed by atoms with Crippen molar-refractivity contribution in [3.05, 3.63) is 83.4 Å². The van der Waals surface area contributed by atoms with Crippen LogP contribution >= 0.6 is 0 Å². The molecule has 2 aromatic heterocycles. The maximum atomic E-state index is 13.2. The molecule has 0 atom stereocenters. The van der Waals surface area contributed by atoms with Gasteiger partial charge in [-0.05, 0) is 61.4 Å². The van der Waals surface area contributed by atoms with Crippen LogP contribution in [0.2, 0.25) is 0 Å². The van der Waals surface area contributed by atoms with E-state index in [-0.39, 0.29) is 12.5 Å². The molecule has 0 unspecified atom stereocenters. The lowest BCUT2D eigenvalue weighted by molar-refractivity contribution is 0.0940. The molecule has 0 radical (unpaired) electrons. The lowest BCUT2D eigenvalue weighted by Crippen LogP contribution is -2.25. The van der Waals surface area contributed by atoms with Gasteiger partial charge in [0.25, 0.3) is 5.91 Å². The highest BCUT2D eigenvalue weighted by Crippen LogP contribution is 2.34. The van der Waals surface area contributed by atoms with E-state index in [1.807, 2.05) is 50.2 Å². The minimum Gasteiger partial charge on any atom is -0.497 e. The highest BCUT2D eigenvalue weighted by Gasteiger charge is 2.21. The van der Waals surface area contributed by atoms with Gasteiger partial charge >= 0.3 is 0 Å². The second-order valence-electron chi connectivity index (χ2n) is 7.44. The minimum absolute atomic E-state index is 0.256. The Labute approximate surface area is 186 Å². The summed E-state index contributed by atoms with van der Waals surface area (Å²) in [6.45, 7) is 4.29. The van der Waals surface area contributed by atoms with E-state index in [9.17, 15) is 4.79 Å². The molecule has 0 saturated carbocycles. The molecular formula is C25H25N3O4. The van der Waals surface area contributed by atoms with Crippen LogP contribution in [0.5, 0.6) is 11.5 Å². The number of methoxy groups -OCH3 is 2. The van der Waals surface area contributed by atoms with E-state index >= 15 is 0 Å². The molecule has 164 valence electrons. The van der Waals surface area contributed by atoms with Gasteiger partial charge in [-0.15, -0.1) is 0 Å². The van der Waals surface area contributed by atoms with E-state index in [1.54, 1.807) is 43.4 Å². The molecule has 32 heavy (non-hydrogen) atoms. The molecule has 0 aliphatic rings. The SMILES string of the molecule is COc1ccc(-c2cc(C(=O)NCc3ccco3)n(-c3cc(C)ccc3C)n2)c(OC)c1. The van der Waals surface area contributed by atoms with Crippen molar-refractivity contribution < 1.29 is 18.7 Å². The van der Waals surface area contributed by atoms with Gasteiger partial charge in [-0.2, -0.15) is 5.10 Å². The van der Waals surface area contributed by atoms with Crippen molar-refractivity contribution in [3.8, 4) is 28.4 Å². The van der Waals surface area contributed by atoms with Gasteiger partial charge in [0, 0.05) is 11.6 Å². The maximum Gasteiger partial charge on any atom is 0.270 e. The number of nitrogens with one attached hydrogen (secondary N) is 1. The van der Waals surface area contributed by atoms with Crippen molar-refractivity contribution >= 4 is 5.91 Å². The van der Waals surface area contributed by atoms with Gasteiger partial charge in [0.05, 0.1) is 38.4 Å². The molecule has 2 heterocycles. The van der Waals surface area contributed by atoms with E-state index in [2.05, 4.69) is 5.32 Å². The smallest absolute Gasteiger partial charge is 0.270 e. The highest BCUT2D eigenvalue weighted by molar-refractivity contribution is 5.94. The predicted molar refractivity (Wildman–Crippen MR) is 121 cm³/mol. The molecule has 1 amide bonds. The highest BCUT2D eigenvalue weighted by atomic mass is 16.5. The lowest BCUT2D eigenvalue weighted by Gasteiger charge is -2.11. The monoisotopic (exact) mass is 431 g/mol. The van der Waals surface area contributed by atoms with Crippen LogP contribution in [0.25, 0.3) is 16.9 Å². The number of nitrogens with zero attached hydrogens (tertiary/aromatic N) is 2. The zero-order valence-electron chi connectivity index (χ0n) is 18.5. The van der Waals surface area contributed by atoms with Crippen molar-refractivity contribution in [2.45, 2.75) is 20.4 Å². The number of carbonyl (C=O) groups is 1. The molecule has 4 aromatic rings. The van der Waals surface area contributed by atoms with Crippen LogP contribution in [0.15, 0.2) is 65.3 Å². The fourth-order valence-corrected chi connectivity index (χ4v) is 3.49. The van der Waals surface area contributed by atoms with Crippen LogP contribution in [0.3, 0.4) is 0 Å². The second kappa shape index (κ2) is 9.01. The Morgan fingerprint density at radius 1 is 1.06 bits per heavy atom. The number of benzene rings is 2. The first-order chi connectivity index (χ1) is 15.5. The molecule has 0 aliphatic carbocycles. The molecule has 0 bridgehead atoms. The normalized spacial score (nSPS) is 10.8. The molecule has 0 aliphatic heterocycles. The third-order valence-corrected chi connectivity index (χ3v) is 5.22. The molecule has 0 spiro atoms. The van der Waals surface area contributed by atoms with Crippen LogP contribution in [-0.4, -0.2) is 29.9 Å². The van der Waals surface area contributed by atoms with Crippen molar-refractivity contribution in [2.24, 2.45) is 0 Å². The summed E-state index contributed by atoms with van der Waals surface area (Å²) in [5.74, 6) is 1.70. The van der Waals surface area contributed by atoms with Crippen LogP contribution < -0.4 is 14.8 Å². The van der Waals surface area contributed by atoms with Crippen molar-refractivity contribution in [1.82, 2.24) is 15.1 Å². The summed E-state index contributed by atoms with van der Waals surface area (Å²) in [7, 11) is 3.20. The molecule has 1 N–H and O–H groups in total. The average Bonchev–Trinajstić information content (AvgIpc) is 3.49. The van der Waals surface area contributed by atoms with Gasteiger partial charge in [0.15, 0.2) is 0 Å². The molecule has 2 aromatic carbocycles. The minimum atomic E-state index is -0.256. The standard InChI is InChI=1S/C25H25N3O4/c1-16-7-8-17(2)22(12-16)28-23(25(29)26-15-19-6-5-11-32-19)14-21(27-28)20-10-9-18(30-3)13-24(20)31-4/h5-14H,15H2,1-4H3,(H,26,29). The van der Waals surface area contributed by atoms with Crippen molar-refractivity contribution in [3.63, 3.8) is 0 Å². The summed E-state index contributed by atoms with van der Waals surface area (Å²) < 4.78 is 17.9. The van der Waals surface area contributed by atoms with E-state index in [0.717, 1.165) is 22.4 Å². The van der Waals surface area contributed by atoms with E-state index in [4.69, 9.17) is 19.0 Å². The number of hydrogen-bond acceptors (Lipinski definition) is 5. The first kappa shape index (κ1) is 21.2. The first-order valence-corrected chi connectivity index (χ1v) is 10.2. The Morgan fingerprint density at radius 2 is 1.91 bits per heavy atom. The zero-order chi connectivity index (χ0) is 22.7. The van der Waals surface area contributed by atoms with Crippen LogP contribution in [-0.2, 0) is 6.54 Å². The van der Waals surface area contributed by atoms with Gasteiger partial charge in [0.1, 0.15) is 23.0 Å². The second-order valence-corrected chi connectivity index (χ2v) is 7.44. The van der Waals surface area contributed by atoms with Gasteiger partial charge in [0.2, 0.25) is 0 Å². The van der Waals surface area contributed by atoms with Gasteiger partial charge in [-0.1, -0.05) is 12.1 Å².